The Labute approximate surface area is 130 Å². The highest BCUT2D eigenvalue weighted by Gasteiger charge is 2.19. The molecule has 0 spiro atoms. The summed E-state index contributed by atoms with van der Waals surface area (Å²) < 4.78 is 0. The molecule has 21 heavy (non-hydrogen) atoms. The molecule has 0 bridgehead atoms. The number of nitriles is 1. The van der Waals surface area contributed by atoms with Crippen LogP contribution in [-0.2, 0) is 0 Å². The molecule has 1 unspecified atom stereocenters. The SMILES string of the molecule is Cc1cc(N(C)C(C)c2ccccc2Cl)c(C#N)c(C)n1. The zero-order valence-electron chi connectivity index (χ0n) is 12.7. The van der Waals surface area contributed by atoms with Crippen LogP contribution in [0.3, 0.4) is 0 Å². The van der Waals surface area contributed by atoms with Gasteiger partial charge in [-0.1, -0.05) is 29.8 Å². The fraction of sp³-hybridized carbons (Fsp3) is 0.294. The van der Waals surface area contributed by atoms with E-state index in [1.165, 1.54) is 0 Å². The van der Waals surface area contributed by atoms with Crippen LogP contribution in [0.5, 0.6) is 0 Å². The summed E-state index contributed by atoms with van der Waals surface area (Å²) in [4.78, 5) is 6.43. The predicted octanol–water partition coefficient (Wildman–Crippen LogP) is 4.42. The number of rotatable bonds is 3. The van der Waals surface area contributed by atoms with E-state index in [2.05, 4.69) is 22.9 Å². The molecule has 108 valence electrons. The van der Waals surface area contributed by atoms with E-state index in [0.29, 0.717) is 5.56 Å². The van der Waals surface area contributed by atoms with Gasteiger partial charge in [-0.3, -0.25) is 4.98 Å². The third-order valence-corrected chi connectivity index (χ3v) is 4.08. The highest BCUT2D eigenvalue weighted by atomic mass is 35.5. The summed E-state index contributed by atoms with van der Waals surface area (Å²) in [5.41, 5.74) is 4.19. The Balaban J connectivity index is 2.48. The van der Waals surface area contributed by atoms with Gasteiger partial charge in [0.2, 0.25) is 0 Å². The summed E-state index contributed by atoms with van der Waals surface area (Å²) in [6.45, 7) is 5.88. The first-order chi connectivity index (χ1) is 9.95. The van der Waals surface area contributed by atoms with Crippen LogP contribution in [-0.4, -0.2) is 12.0 Å². The number of aryl methyl sites for hydroxylation is 2. The molecule has 2 aromatic rings. The van der Waals surface area contributed by atoms with Crippen LogP contribution in [0.1, 0.15) is 35.5 Å². The summed E-state index contributed by atoms with van der Waals surface area (Å²) >= 11 is 6.28. The predicted molar refractivity (Wildman–Crippen MR) is 86.7 cm³/mol. The van der Waals surface area contributed by atoms with Crippen molar-refractivity contribution in [1.82, 2.24) is 4.98 Å². The number of anilines is 1. The minimum atomic E-state index is 0.0620. The summed E-state index contributed by atoms with van der Waals surface area (Å²) in [6.07, 6.45) is 0. The number of hydrogen-bond acceptors (Lipinski definition) is 3. The number of pyridine rings is 1. The topological polar surface area (TPSA) is 39.9 Å². The van der Waals surface area contributed by atoms with Gasteiger partial charge >= 0.3 is 0 Å². The molecule has 1 aromatic heterocycles. The van der Waals surface area contributed by atoms with Gasteiger partial charge in [0.05, 0.1) is 23.0 Å². The number of benzene rings is 1. The van der Waals surface area contributed by atoms with Gasteiger partial charge in [-0.05, 0) is 38.5 Å². The third kappa shape index (κ3) is 3.01. The lowest BCUT2D eigenvalue weighted by Gasteiger charge is -2.29. The first-order valence-corrected chi connectivity index (χ1v) is 7.19. The maximum absolute atomic E-state index is 9.40. The maximum Gasteiger partial charge on any atom is 0.103 e. The Hall–Kier alpha value is -2.05. The average molecular weight is 300 g/mol. The molecule has 0 saturated heterocycles. The lowest BCUT2D eigenvalue weighted by atomic mass is 10.0. The number of halogens is 1. The number of nitrogens with zero attached hydrogens (tertiary/aromatic N) is 3. The van der Waals surface area contributed by atoms with Gasteiger partial charge < -0.3 is 4.90 Å². The monoisotopic (exact) mass is 299 g/mol. The average Bonchev–Trinajstić information content (AvgIpc) is 2.45. The molecule has 1 heterocycles. The molecule has 3 nitrogen and oxygen atoms in total. The van der Waals surface area contributed by atoms with Crippen molar-refractivity contribution < 1.29 is 0 Å². The summed E-state index contributed by atoms with van der Waals surface area (Å²) in [7, 11) is 1.98. The lowest BCUT2D eigenvalue weighted by molar-refractivity contribution is 0.737. The van der Waals surface area contributed by atoms with Crippen molar-refractivity contribution in [2.45, 2.75) is 26.8 Å². The lowest BCUT2D eigenvalue weighted by Crippen LogP contribution is -2.23. The van der Waals surface area contributed by atoms with Crippen molar-refractivity contribution in [2.75, 3.05) is 11.9 Å². The molecule has 1 atom stereocenters. The summed E-state index contributed by atoms with van der Waals surface area (Å²) in [6, 6.07) is 12.0. The van der Waals surface area contributed by atoms with Crippen LogP contribution >= 0.6 is 11.6 Å². The fourth-order valence-corrected chi connectivity index (χ4v) is 2.75. The molecule has 0 saturated carbocycles. The van der Waals surface area contributed by atoms with E-state index in [4.69, 9.17) is 11.6 Å². The number of aromatic nitrogens is 1. The molecule has 0 radical (unpaired) electrons. The molecule has 0 aliphatic rings. The Kier molecular flexibility index (Phi) is 4.50. The second-order valence-corrected chi connectivity index (χ2v) is 5.57. The van der Waals surface area contributed by atoms with Crippen molar-refractivity contribution in [1.29, 1.82) is 5.26 Å². The molecule has 0 aliphatic heterocycles. The largest absolute Gasteiger partial charge is 0.367 e. The van der Waals surface area contributed by atoms with E-state index in [0.717, 1.165) is 27.7 Å². The Morgan fingerprint density at radius 2 is 1.95 bits per heavy atom. The van der Waals surface area contributed by atoms with Crippen LogP contribution < -0.4 is 4.90 Å². The van der Waals surface area contributed by atoms with Crippen LogP contribution in [0, 0.1) is 25.2 Å². The summed E-state index contributed by atoms with van der Waals surface area (Å²) in [5, 5.41) is 10.1. The van der Waals surface area contributed by atoms with E-state index in [-0.39, 0.29) is 6.04 Å². The van der Waals surface area contributed by atoms with Crippen molar-refractivity contribution in [3.05, 3.63) is 57.9 Å². The molecule has 2 rings (SSSR count). The normalized spacial score (nSPS) is 11.8. The van der Waals surface area contributed by atoms with E-state index in [9.17, 15) is 5.26 Å². The molecule has 1 aromatic carbocycles. The zero-order chi connectivity index (χ0) is 15.6. The summed E-state index contributed by atoms with van der Waals surface area (Å²) in [5.74, 6) is 0. The molecule has 0 N–H and O–H groups in total. The fourth-order valence-electron chi connectivity index (χ4n) is 2.46. The van der Waals surface area contributed by atoms with Gasteiger partial charge in [-0.25, -0.2) is 0 Å². The third-order valence-electron chi connectivity index (χ3n) is 3.74. The molecule has 0 fully saturated rings. The van der Waals surface area contributed by atoms with Crippen molar-refractivity contribution in [3.8, 4) is 6.07 Å². The van der Waals surface area contributed by atoms with Gasteiger partial charge in [0.25, 0.3) is 0 Å². The van der Waals surface area contributed by atoms with Crippen LogP contribution in [0.25, 0.3) is 0 Å². The molecule has 0 amide bonds. The van der Waals surface area contributed by atoms with Gasteiger partial charge in [0.1, 0.15) is 6.07 Å². The van der Waals surface area contributed by atoms with Gasteiger partial charge in [-0.2, -0.15) is 5.26 Å². The molecule has 4 heteroatoms. The minimum absolute atomic E-state index is 0.0620. The standard InChI is InChI=1S/C17H18ClN3/c1-11-9-17(15(10-19)12(2)20-11)21(4)13(3)14-7-5-6-8-16(14)18/h5-9,13H,1-4H3. The minimum Gasteiger partial charge on any atom is -0.367 e. The highest BCUT2D eigenvalue weighted by Crippen LogP contribution is 2.32. The highest BCUT2D eigenvalue weighted by molar-refractivity contribution is 6.31. The maximum atomic E-state index is 9.40. The molecular formula is C17H18ClN3. The Morgan fingerprint density at radius 1 is 1.29 bits per heavy atom. The van der Waals surface area contributed by atoms with Crippen LogP contribution in [0.15, 0.2) is 30.3 Å². The van der Waals surface area contributed by atoms with E-state index < -0.39 is 0 Å². The van der Waals surface area contributed by atoms with Crippen molar-refractivity contribution in [3.63, 3.8) is 0 Å². The first kappa shape index (κ1) is 15.3. The second kappa shape index (κ2) is 6.15. The van der Waals surface area contributed by atoms with E-state index >= 15 is 0 Å². The van der Waals surface area contributed by atoms with E-state index in [1.54, 1.807) is 0 Å². The van der Waals surface area contributed by atoms with Crippen molar-refractivity contribution >= 4 is 17.3 Å². The van der Waals surface area contributed by atoms with Crippen molar-refractivity contribution in [2.24, 2.45) is 0 Å². The van der Waals surface area contributed by atoms with Gasteiger partial charge in [0.15, 0.2) is 0 Å². The zero-order valence-corrected chi connectivity index (χ0v) is 13.4. The smallest absolute Gasteiger partial charge is 0.103 e. The Morgan fingerprint density at radius 3 is 2.57 bits per heavy atom. The second-order valence-electron chi connectivity index (χ2n) is 5.16. The van der Waals surface area contributed by atoms with Gasteiger partial charge in [0, 0.05) is 17.8 Å². The van der Waals surface area contributed by atoms with Gasteiger partial charge in [-0.15, -0.1) is 0 Å². The quantitative estimate of drug-likeness (QED) is 0.842. The molecule has 0 aliphatic carbocycles. The number of hydrogen-bond donors (Lipinski definition) is 0. The van der Waals surface area contributed by atoms with E-state index in [1.807, 2.05) is 51.2 Å². The van der Waals surface area contributed by atoms with Crippen LogP contribution in [0.2, 0.25) is 5.02 Å². The molecular weight excluding hydrogens is 282 g/mol. The van der Waals surface area contributed by atoms with Crippen LogP contribution in [0.4, 0.5) is 5.69 Å². The first-order valence-electron chi connectivity index (χ1n) is 6.81. The Bertz CT molecular complexity index is 704.